The lowest BCUT2D eigenvalue weighted by molar-refractivity contribution is -0.126. The molecule has 1 amide bonds. The van der Waals surface area contributed by atoms with Crippen molar-refractivity contribution in [1.29, 1.82) is 0 Å². The summed E-state index contributed by atoms with van der Waals surface area (Å²) >= 11 is 0. The van der Waals surface area contributed by atoms with Gasteiger partial charge in [0.15, 0.2) is 0 Å². The Morgan fingerprint density at radius 1 is 0.967 bits per heavy atom. The molecule has 2 aliphatic rings. The number of rotatable bonds is 5. The first-order chi connectivity index (χ1) is 14.8. The molecule has 158 valence electrons. The Hall–Kier alpha value is -2.43. The van der Waals surface area contributed by atoms with Crippen molar-refractivity contribution in [2.24, 2.45) is 5.92 Å². The summed E-state index contributed by atoms with van der Waals surface area (Å²) in [4.78, 5) is 17.2. The van der Waals surface area contributed by atoms with Crippen LogP contribution in [0.4, 0.5) is 0 Å². The third-order valence-electron chi connectivity index (χ3n) is 6.24. The molecule has 0 radical (unpaired) electrons. The Kier molecular flexibility index (Phi) is 7.33. The maximum absolute atomic E-state index is 12.7. The molecule has 2 fully saturated rings. The van der Waals surface area contributed by atoms with Crippen molar-refractivity contribution in [2.45, 2.75) is 18.8 Å². The number of nitrogens with zero attached hydrogens (tertiary/aromatic N) is 2. The van der Waals surface area contributed by atoms with Gasteiger partial charge in [-0.05, 0) is 49.1 Å². The largest absolute Gasteiger partial charge is 0.379 e. The Labute approximate surface area is 180 Å². The normalized spacial score (nSPS) is 21.6. The smallest absolute Gasteiger partial charge is 0.246 e. The molecule has 1 unspecified atom stereocenters. The fourth-order valence-electron chi connectivity index (χ4n) is 4.57. The first kappa shape index (κ1) is 20.8. The van der Waals surface area contributed by atoms with Crippen LogP contribution in [-0.4, -0.2) is 61.6 Å². The summed E-state index contributed by atoms with van der Waals surface area (Å²) in [6.45, 7) is 6.06. The standard InChI is InChI=1S/C26H32N2O2/c29-26(12-11-22-7-3-1-4-8-22)28-17-18-30-21-23(20-28)19-27-15-13-25(14-16-27)24-9-5-2-6-10-24/h1-12,23,25H,13-21H2. The van der Waals surface area contributed by atoms with Crippen molar-refractivity contribution in [2.75, 3.05) is 45.9 Å². The zero-order valence-electron chi connectivity index (χ0n) is 17.7. The molecule has 2 aromatic rings. The van der Waals surface area contributed by atoms with Gasteiger partial charge in [-0.25, -0.2) is 0 Å². The van der Waals surface area contributed by atoms with Gasteiger partial charge in [-0.1, -0.05) is 60.7 Å². The zero-order chi connectivity index (χ0) is 20.6. The topological polar surface area (TPSA) is 32.8 Å². The molecule has 4 nitrogen and oxygen atoms in total. The maximum Gasteiger partial charge on any atom is 0.246 e. The van der Waals surface area contributed by atoms with Gasteiger partial charge in [0.1, 0.15) is 0 Å². The van der Waals surface area contributed by atoms with E-state index in [-0.39, 0.29) is 5.91 Å². The molecular weight excluding hydrogens is 372 g/mol. The molecule has 0 spiro atoms. The van der Waals surface area contributed by atoms with Gasteiger partial charge in [0.05, 0.1) is 13.2 Å². The molecular formula is C26H32N2O2. The van der Waals surface area contributed by atoms with Crippen LogP contribution in [0.25, 0.3) is 6.08 Å². The first-order valence-electron chi connectivity index (χ1n) is 11.1. The molecule has 0 bridgehead atoms. The number of carbonyl (C=O) groups excluding carboxylic acids is 1. The minimum absolute atomic E-state index is 0.0807. The summed E-state index contributed by atoms with van der Waals surface area (Å²) < 4.78 is 5.84. The van der Waals surface area contributed by atoms with Gasteiger partial charge in [-0.3, -0.25) is 4.79 Å². The summed E-state index contributed by atoms with van der Waals surface area (Å²) in [6.07, 6.45) is 6.01. The molecule has 0 saturated carbocycles. The highest BCUT2D eigenvalue weighted by Gasteiger charge is 2.26. The second-order valence-corrected chi connectivity index (χ2v) is 8.45. The van der Waals surface area contributed by atoms with Crippen LogP contribution in [0.3, 0.4) is 0 Å². The molecule has 0 aromatic heterocycles. The average Bonchev–Trinajstić information content (AvgIpc) is 3.05. The summed E-state index contributed by atoms with van der Waals surface area (Å²) in [5, 5.41) is 0. The lowest BCUT2D eigenvalue weighted by Gasteiger charge is -2.35. The van der Waals surface area contributed by atoms with Gasteiger partial charge < -0.3 is 14.5 Å². The van der Waals surface area contributed by atoms with Gasteiger partial charge in [0, 0.05) is 31.6 Å². The molecule has 1 atom stereocenters. The number of benzene rings is 2. The lowest BCUT2D eigenvalue weighted by atomic mass is 9.89. The summed E-state index contributed by atoms with van der Waals surface area (Å²) in [5.74, 6) is 1.13. The molecule has 2 heterocycles. The molecule has 0 aliphatic carbocycles. The van der Waals surface area contributed by atoms with Crippen LogP contribution in [0.5, 0.6) is 0 Å². The van der Waals surface area contributed by atoms with E-state index >= 15 is 0 Å². The lowest BCUT2D eigenvalue weighted by Crippen LogP contribution is -2.42. The Morgan fingerprint density at radius 2 is 1.67 bits per heavy atom. The number of carbonyl (C=O) groups is 1. The SMILES string of the molecule is O=C(C=Cc1ccccc1)N1CCOCC(CN2CCC(c3ccccc3)CC2)C1. The van der Waals surface area contributed by atoms with E-state index in [1.807, 2.05) is 41.3 Å². The van der Waals surface area contributed by atoms with E-state index in [0.717, 1.165) is 38.3 Å². The number of hydrogen-bond acceptors (Lipinski definition) is 3. The maximum atomic E-state index is 12.7. The molecule has 0 N–H and O–H groups in total. The van der Waals surface area contributed by atoms with Crippen LogP contribution < -0.4 is 0 Å². The second-order valence-electron chi connectivity index (χ2n) is 8.45. The van der Waals surface area contributed by atoms with E-state index < -0.39 is 0 Å². The minimum Gasteiger partial charge on any atom is -0.379 e. The van der Waals surface area contributed by atoms with Crippen molar-refractivity contribution < 1.29 is 9.53 Å². The van der Waals surface area contributed by atoms with Crippen LogP contribution in [0.1, 0.15) is 29.9 Å². The van der Waals surface area contributed by atoms with E-state index in [0.29, 0.717) is 25.0 Å². The predicted octanol–water partition coefficient (Wildman–Crippen LogP) is 4.05. The summed E-state index contributed by atoms with van der Waals surface area (Å²) in [5.41, 5.74) is 2.52. The van der Waals surface area contributed by atoms with Crippen molar-refractivity contribution in [3.63, 3.8) is 0 Å². The van der Waals surface area contributed by atoms with Crippen molar-refractivity contribution in [3.8, 4) is 0 Å². The molecule has 2 aliphatic heterocycles. The van der Waals surface area contributed by atoms with Crippen molar-refractivity contribution >= 4 is 12.0 Å². The highest BCUT2D eigenvalue weighted by atomic mass is 16.5. The molecule has 2 aromatic carbocycles. The Morgan fingerprint density at radius 3 is 2.40 bits per heavy atom. The van der Waals surface area contributed by atoms with E-state index in [1.54, 1.807) is 6.08 Å². The zero-order valence-corrected chi connectivity index (χ0v) is 17.7. The van der Waals surface area contributed by atoms with Gasteiger partial charge in [0.25, 0.3) is 0 Å². The Bertz CT molecular complexity index is 813. The molecule has 30 heavy (non-hydrogen) atoms. The predicted molar refractivity (Wildman–Crippen MR) is 121 cm³/mol. The summed E-state index contributed by atoms with van der Waals surface area (Å²) in [7, 11) is 0. The highest BCUT2D eigenvalue weighted by Crippen LogP contribution is 2.28. The van der Waals surface area contributed by atoms with E-state index in [1.165, 1.54) is 18.4 Å². The Balaban J connectivity index is 1.28. The molecule has 4 rings (SSSR count). The van der Waals surface area contributed by atoms with E-state index in [4.69, 9.17) is 4.74 Å². The average molecular weight is 405 g/mol. The second kappa shape index (κ2) is 10.6. The minimum atomic E-state index is 0.0807. The summed E-state index contributed by atoms with van der Waals surface area (Å²) in [6, 6.07) is 20.9. The third kappa shape index (κ3) is 5.80. The van der Waals surface area contributed by atoms with Crippen LogP contribution >= 0.6 is 0 Å². The third-order valence-corrected chi connectivity index (χ3v) is 6.24. The highest BCUT2D eigenvalue weighted by molar-refractivity contribution is 5.91. The van der Waals surface area contributed by atoms with Gasteiger partial charge >= 0.3 is 0 Å². The van der Waals surface area contributed by atoms with Crippen LogP contribution in [0.2, 0.25) is 0 Å². The van der Waals surface area contributed by atoms with Gasteiger partial charge in [-0.15, -0.1) is 0 Å². The van der Waals surface area contributed by atoms with Gasteiger partial charge in [-0.2, -0.15) is 0 Å². The van der Waals surface area contributed by atoms with Crippen molar-refractivity contribution in [1.82, 2.24) is 9.80 Å². The fourth-order valence-corrected chi connectivity index (χ4v) is 4.57. The monoisotopic (exact) mass is 404 g/mol. The first-order valence-corrected chi connectivity index (χ1v) is 11.1. The fraction of sp³-hybridized carbons (Fsp3) is 0.423. The number of likely N-dealkylation sites (tertiary alicyclic amines) is 1. The molecule has 4 heteroatoms. The quantitative estimate of drug-likeness (QED) is 0.705. The number of hydrogen-bond donors (Lipinski definition) is 0. The number of piperidine rings is 1. The van der Waals surface area contributed by atoms with Crippen molar-refractivity contribution in [3.05, 3.63) is 77.9 Å². The molecule has 2 saturated heterocycles. The number of amides is 1. The van der Waals surface area contributed by atoms with E-state index in [2.05, 4.69) is 35.2 Å². The van der Waals surface area contributed by atoms with E-state index in [9.17, 15) is 4.79 Å². The van der Waals surface area contributed by atoms with Gasteiger partial charge in [0.2, 0.25) is 5.91 Å². The van der Waals surface area contributed by atoms with Crippen LogP contribution in [0, 0.1) is 5.92 Å². The van der Waals surface area contributed by atoms with Crippen LogP contribution in [0.15, 0.2) is 66.7 Å². The number of ether oxygens (including phenoxy) is 1. The van der Waals surface area contributed by atoms with Crippen LogP contribution in [-0.2, 0) is 9.53 Å².